The highest BCUT2D eigenvalue weighted by Crippen LogP contribution is 2.49. The van der Waals surface area contributed by atoms with Crippen LogP contribution in [0.4, 0.5) is 0 Å². The van der Waals surface area contributed by atoms with Gasteiger partial charge >= 0.3 is 13.8 Å². The van der Waals surface area contributed by atoms with Crippen LogP contribution in [0.5, 0.6) is 11.9 Å². The van der Waals surface area contributed by atoms with Crippen LogP contribution in [0.1, 0.15) is 0 Å². The number of carbonyl (C=O) groups is 1. The molecule has 0 saturated heterocycles. The predicted octanol–water partition coefficient (Wildman–Crippen LogP) is 3.17. The lowest BCUT2D eigenvalue weighted by molar-refractivity contribution is -0.130. The molecule has 0 radical (unpaired) electrons. The fourth-order valence-electron chi connectivity index (χ4n) is 1.05. The number of furan rings is 2. The average Bonchev–Trinajstić information content (AvgIpc) is 3.02. The standard InChI is InChI=1S/C11H9O7P/c1-2-9(12)16-19(13,17-10-5-3-7-14-10)18-11-6-4-8-15-11/h2-8H,1H2. The zero-order valence-corrected chi connectivity index (χ0v) is 10.4. The van der Waals surface area contributed by atoms with Crippen molar-refractivity contribution >= 4 is 13.8 Å². The molecule has 0 amide bonds. The Hall–Kier alpha value is -2.40. The molecular formula is C11H9O7P. The molecule has 2 aromatic heterocycles. The molecule has 2 aromatic rings. The Morgan fingerprint density at radius 2 is 1.68 bits per heavy atom. The van der Waals surface area contributed by atoms with Crippen molar-refractivity contribution < 1.29 is 31.8 Å². The van der Waals surface area contributed by atoms with Crippen molar-refractivity contribution in [2.75, 3.05) is 0 Å². The average molecular weight is 284 g/mol. The number of phosphoric ester groups is 1. The molecule has 2 heterocycles. The molecule has 0 aliphatic heterocycles. The number of rotatable bonds is 6. The molecule has 0 aliphatic carbocycles. The first-order valence-corrected chi connectivity index (χ1v) is 6.49. The predicted molar refractivity (Wildman–Crippen MR) is 62.6 cm³/mol. The van der Waals surface area contributed by atoms with E-state index in [2.05, 4.69) is 11.1 Å². The number of phosphoric acid groups is 1. The van der Waals surface area contributed by atoms with Crippen molar-refractivity contribution in [3.63, 3.8) is 0 Å². The summed E-state index contributed by atoms with van der Waals surface area (Å²) < 4.78 is 36.3. The SMILES string of the molecule is C=CC(=O)OP(=O)(Oc1ccco1)Oc1ccco1. The third-order valence-electron chi connectivity index (χ3n) is 1.76. The molecule has 0 aromatic carbocycles. The van der Waals surface area contributed by atoms with Crippen LogP contribution in [0.15, 0.2) is 58.3 Å². The van der Waals surface area contributed by atoms with Gasteiger partial charge in [0.15, 0.2) is 0 Å². The van der Waals surface area contributed by atoms with Gasteiger partial charge < -0.3 is 22.4 Å². The first kappa shape index (κ1) is 13.0. The summed E-state index contributed by atoms with van der Waals surface area (Å²) in [6, 6.07) is 5.75. The van der Waals surface area contributed by atoms with Gasteiger partial charge in [-0.05, 0) is 12.1 Å². The molecule has 0 fully saturated rings. The summed E-state index contributed by atoms with van der Waals surface area (Å²) in [4.78, 5) is 11.2. The highest BCUT2D eigenvalue weighted by molar-refractivity contribution is 7.50. The van der Waals surface area contributed by atoms with Crippen molar-refractivity contribution in [3.05, 3.63) is 49.4 Å². The van der Waals surface area contributed by atoms with Crippen molar-refractivity contribution in [1.82, 2.24) is 0 Å². The second-order valence-electron chi connectivity index (χ2n) is 3.11. The topological polar surface area (TPSA) is 88.1 Å². The molecule has 0 bridgehead atoms. The molecule has 2 rings (SSSR count). The van der Waals surface area contributed by atoms with Gasteiger partial charge in [0, 0.05) is 18.2 Å². The highest BCUT2D eigenvalue weighted by atomic mass is 31.2. The highest BCUT2D eigenvalue weighted by Gasteiger charge is 2.36. The summed E-state index contributed by atoms with van der Waals surface area (Å²) in [5.41, 5.74) is 0. The number of carbonyl (C=O) groups excluding carboxylic acids is 1. The summed E-state index contributed by atoms with van der Waals surface area (Å²) in [6.45, 7) is 3.19. The fraction of sp³-hybridized carbons (Fsp3) is 0. The van der Waals surface area contributed by atoms with Gasteiger partial charge in [-0.1, -0.05) is 6.58 Å². The van der Waals surface area contributed by atoms with Crippen LogP contribution in [-0.2, 0) is 13.9 Å². The van der Waals surface area contributed by atoms with E-state index in [0.29, 0.717) is 0 Å². The van der Waals surface area contributed by atoms with Gasteiger partial charge in [0.1, 0.15) is 0 Å². The van der Waals surface area contributed by atoms with Gasteiger partial charge in [0.05, 0.1) is 12.5 Å². The maximum atomic E-state index is 12.3. The lowest BCUT2D eigenvalue weighted by Gasteiger charge is -2.14. The summed E-state index contributed by atoms with van der Waals surface area (Å²) in [6.07, 6.45) is 3.41. The van der Waals surface area contributed by atoms with E-state index >= 15 is 0 Å². The molecule has 0 spiro atoms. The van der Waals surface area contributed by atoms with Crippen LogP contribution in [0.2, 0.25) is 0 Å². The molecule has 0 unspecified atom stereocenters. The molecule has 100 valence electrons. The zero-order valence-electron chi connectivity index (χ0n) is 9.55. The fourth-order valence-corrected chi connectivity index (χ4v) is 2.11. The smallest absolute Gasteiger partial charge is 0.434 e. The summed E-state index contributed by atoms with van der Waals surface area (Å²) in [7, 11) is -4.28. The Morgan fingerprint density at radius 1 is 1.16 bits per heavy atom. The Kier molecular flexibility index (Phi) is 3.77. The van der Waals surface area contributed by atoms with E-state index in [1.54, 1.807) is 0 Å². The van der Waals surface area contributed by atoms with Gasteiger partial charge in [0.2, 0.25) is 0 Å². The molecule has 0 N–H and O–H groups in total. The summed E-state index contributed by atoms with van der Waals surface area (Å²) >= 11 is 0. The molecule has 0 saturated carbocycles. The lowest BCUT2D eigenvalue weighted by atomic mass is 10.7. The van der Waals surface area contributed by atoms with E-state index in [1.165, 1.54) is 36.8 Å². The minimum Gasteiger partial charge on any atom is -0.434 e. The molecule has 0 atom stereocenters. The summed E-state index contributed by atoms with van der Waals surface area (Å²) in [5, 5.41) is 0. The first-order valence-electron chi connectivity index (χ1n) is 5.03. The molecule has 0 aliphatic rings. The van der Waals surface area contributed by atoms with Gasteiger partial charge in [-0.15, -0.1) is 0 Å². The van der Waals surface area contributed by atoms with Crippen molar-refractivity contribution in [3.8, 4) is 11.9 Å². The Balaban J connectivity index is 2.18. The minimum absolute atomic E-state index is 0.133. The zero-order chi connectivity index (χ0) is 13.7. The molecule has 19 heavy (non-hydrogen) atoms. The van der Waals surface area contributed by atoms with Crippen LogP contribution < -0.4 is 9.05 Å². The normalized spacial score (nSPS) is 10.7. The Bertz CT molecular complexity index is 544. The van der Waals surface area contributed by atoms with Gasteiger partial charge in [-0.25, -0.2) is 4.79 Å². The Labute approximate surface area is 108 Å². The number of hydrogen-bond donors (Lipinski definition) is 0. The third kappa shape index (κ3) is 3.53. The monoisotopic (exact) mass is 284 g/mol. The molecular weight excluding hydrogens is 275 g/mol. The minimum atomic E-state index is -4.28. The lowest BCUT2D eigenvalue weighted by Crippen LogP contribution is -2.08. The van der Waals surface area contributed by atoms with Crippen LogP contribution in [-0.4, -0.2) is 5.97 Å². The van der Waals surface area contributed by atoms with Gasteiger partial charge in [0.25, 0.3) is 11.9 Å². The second kappa shape index (κ2) is 5.49. The van der Waals surface area contributed by atoms with Gasteiger partial charge in [-0.2, -0.15) is 4.57 Å². The van der Waals surface area contributed by atoms with E-state index in [9.17, 15) is 9.36 Å². The second-order valence-corrected chi connectivity index (χ2v) is 4.55. The quantitative estimate of drug-likeness (QED) is 0.594. The summed E-state index contributed by atoms with van der Waals surface area (Å²) in [5.74, 6) is -1.24. The maximum absolute atomic E-state index is 12.3. The molecule has 8 heteroatoms. The van der Waals surface area contributed by atoms with E-state index in [0.717, 1.165) is 6.08 Å². The third-order valence-corrected chi connectivity index (χ3v) is 2.97. The van der Waals surface area contributed by atoms with Crippen LogP contribution in [0.25, 0.3) is 0 Å². The van der Waals surface area contributed by atoms with Crippen LogP contribution in [0.3, 0.4) is 0 Å². The van der Waals surface area contributed by atoms with E-state index < -0.39 is 13.8 Å². The maximum Gasteiger partial charge on any atom is 0.654 e. The van der Waals surface area contributed by atoms with E-state index in [-0.39, 0.29) is 11.9 Å². The van der Waals surface area contributed by atoms with Crippen molar-refractivity contribution in [1.29, 1.82) is 0 Å². The molecule has 7 nitrogen and oxygen atoms in total. The number of hydrogen-bond acceptors (Lipinski definition) is 7. The van der Waals surface area contributed by atoms with Gasteiger partial charge in [-0.3, -0.25) is 0 Å². The van der Waals surface area contributed by atoms with Crippen molar-refractivity contribution in [2.45, 2.75) is 0 Å². The van der Waals surface area contributed by atoms with Crippen molar-refractivity contribution in [2.24, 2.45) is 0 Å². The van der Waals surface area contributed by atoms with E-state index in [4.69, 9.17) is 17.9 Å². The van der Waals surface area contributed by atoms with Crippen LogP contribution >= 0.6 is 7.82 Å². The largest absolute Gasteiger partial charge is 0.654 e. The van der Waals surface area contributed by atoms with Crippen LogP contribution in [0, 0.1) is 0 Å². The first-order chi connectivity index (χ1) is 9.11. The van der Waals surface area contributed by atoms with E-state index in [1.807, 2.05) is 0 Å². The Morgan fingerprint density at radius 3 is 2.05 bits per heavy atom.